The van der Waals surface area contributed by atoms with E-state index in [1.807, 2.05) is 0 Å². The Labute approximate surface area is 117 Å². The third-order valence-electron chi connectivity index (χ3n) is 5.81. The first-order valence-electron chi connectivity index (χ1n) is 8.11. The second-order valence-corrected chi connectivity index (χ2v) is 7.75. The molecule has 0 N–H and O–H groups in total. The molecule has 0 aromatic heterocycles. The van der Waals surface area contributed by atoms with Crippen molar-refractivity contribution in [2.75, 3.05) is 0 Å². The third-order valence-corrected chi connectivity index (χ3v) is 5.81. The molecule has 0 heterocycles. The SMILES string of the molecule is CC(C)C(C)C(C)C(C(C)C(C)C)C(C)C(C)C. The first-order valence-corrected chi connectivity index (χ1v) is 8.11. The Kier molecular flexibility index (Phi) is 7.56. The van der Waals surface area contributed by atoms with E-state index in [0.29, 0.717) is 0 Å². The van der Waals surface area contributed by atoms with Gasteiger partial charge in [-0.15, -0.1) is 0 Å². The van der Waals surface area contributed by atoms with Gasteiger partial charge in [-0.2, -0.15) is 0 Å². The van der Waals surface area contributed by atoms with E-state index >= 15 is 0 Å². The van der Waals surface area contributed by atoms with Crippen LogP contribution in [0, 0.1) is 47.3 Å². The van der Waals surface area contributed by atoms with Crippen LogP contribution in [0.3, 0.4) is 0 Å². The van der Waals surface area contributed by atoms with Gasteiger partial charge < -0.3 is 0 Å². The Morgan fingerprint density at radius 3 is 0.833 bits per heavy atom. The fourth-order valence-electron chi connectivity index (χ4n) is 3.28. The molecular formula is C18H38. The van der Waals surface area contributed by atoms with Gasteiger partial charge in [-0.05, 0) is 47.3 Å². The second kappa shape index (κ2) is 7.56. The maximum atomic E-state index is 2.49. The molecule has 0 aliphatic heterocycles. The van der Waals surface area contributed by atoms with Crippen molar-refractivity contribution in [3.63, 3.8) is 0 Å². The molecule has 0 saturated heterocycles. The van der Waals surface area contributed by atoms with Crippen LogP contribution in [0.15, 0.2) is 0 Å². The van der Waals surface area contributed by atoms with Crippen molar-refractivity contribution < 1.29 is 0 Å². The van der Waals surface area contributed by atoms with Crippen LogP contribution < -0.4 is 0 Å². The zero-order valence-electron chi connectivity index (χ0n) is 14.6. The van der Waals surface area contributed by atoms with Crippen molar-refractivity contribution in [3.05, 3.63) is 0 Å². The smallest absolute Gasteiger partial charge is 0.0329 e. The summed E-state index contributed by atoms with van der Waals surface area (Å²) in [5.41, 5.74) is 0. The molecule has 110 valence electrons. The van der Waals surface area contributed by atoms with Crippen molar-refractivity contribution in [2.24, 2.45) is 47.3 Å². The monoisotopic (exact) mass is 254 g/mol. The molecule has 0 heteroatoms. The molecule has 0 rings (SSSR count). The van der Waals surface area contributed by atoms with Crippen molar-refractivity contribution in [2.45, 2.75) is 69.2 Å². The molecule has 18 heavy (non-hydrogen) atoms. The predicted molar refractivity (Wildman–Crippen MR) is 84.7 cm³/mol. The summed E-state index contributed by atoms with van der Waals surface area (Å²) in [4.78, 5) is 0. The molecule has 4 atom stereocenters. The van der Waals surface area contributed by atoms with E-state index in [4.69, 9.17) is 0 Å². The molecule has 0 spiro atoms. The minimum atomic E-state index is 0.790. The number of rotatable bonds is 7. The van der Waals surface area contributed by atoms with Gasteiger partial charge in [0.2, 0.25) is 0 Å². The first kappa shape index (κ1) is 18.0. The normalized spacial score (nSPS) is 21.2. The third kappa shape index (κ3) is 4.59. The van der Waals surface area contributed by atoms with Gasteiger partial charge in [0.1, 0.15) is 0 Å². The molecule has 0 aliphatic rings. The van der Waals surface area contributed by atoms with Crippen LogP contribution in [0.1, 0.15) is 69.2 Å². The van der Waals surface area contributed by atoms with Crippen LogP contribution in [-0.4, -0.2) is 0 Å². The summed E-state index contributed by atoms with van der Waals surface area (Å²) in [5.74, 6) is 6.49. The Balaban J connectivity index is 5.08. The van der Waals surface area contributed by atoms with E-state index in [0.717, 1.165) is 47.3 Å². The van der Waals surface area contributed by atoms with Gasteiger partial charge in [-0.25, -0.2) is 0 Å². The summed E-state index contributed by atoms with van der Waals surface area (Å²) in [6, 6.07) is 0. The molecular weight excluding hydrogens is 216 g/mol. The Bertz CT molecular complexity index is 200. The maximum absolute atomic E-state index is 2.49. The van der Waals surface area contributed by atoms with Crippen LogP contribution in [0.2, 0.25) is 0 Å². The molecule has 0 aromatic rings. The van der Waals surface area contributed by atoms with Crippen molar-refractivity contribution in [1.29, 1.82) is 0 Å². The summed E-state index contributed by atoms with van der Waals surface area (Å²) in [7, 11) is 0. The minimum absolute atomic E-state index is 0.790. The maximum Gasteiger partial charge on any atom is -0.0329 e. The summed E-state index contributed by atoms with van der Waals surface area (Å²) < 4.78 is 0. The lowest BCUT2D eigenvalue weighted by Crippen LogP contribution is -2.36. The average molecular weight is 255 g/mol. The number of hydrogen-bond acceptors (Lipinski definition) is 0. The molecule has 0 bridgehead atoms. The summed E-state index contributed by atoms with van der Waals surface area (Å²) in [6.45, 7) is 24.2. The summed E-state index contributed by atoms with van der Waals surface area (Å²) >= 11 is 0. The lowest BCUT2D eigenvalue weighted by atomic mass is 9.64. The van der Waals surface area contributed by atoms with Crippen LogP contribution in [0.4, 0.5) is 0 Å². The van der Waals surface area contributed by atoms with E-state index in [2.05, 4.69) is 69.2 Å². The summed E-state index contributed by atoms with van der Waals surface area (Å²) in [6.07, 6.45) is 0. The first-order chi connectivity index (χ1) is 8.11. The van der Waals surface area contributed by atoms with E-state index in [-0.39, 0.29) is 0 Å². The van der Waals surface area contributed by atoms with Crippen LogP contribution >= 0.6 is 0 Å². The lowest BCUT2D eigenvalue weighted by Gasteiger charge is -2.42. The highest BCUT2D eigenvalue weighted by Crippen LogP contribution is 2.41. The van der Waals surface area contributed by atoms with Gasteiger partial charge >= 0.3 is 0 Å². The highest BCUT2D eigenvalue weighted by Gasteiger charge is 2.34. The molecule has 4 unspecified atom stereocenters. The van der Waals surface area contributed by atoms with Gasteiger partial charge in [0.05, 0.1) is 0 Å². The highest BCUT2D eigenvalue weighted by molar-refractivity contribution is 4.83. The molecule has 0 radical (unpaired) electrons. The molecule has 0 saturated carbocycles. The van der Waals surface area contributed by atoms with Crippen LogP contribution in [-0.2, 0) is 0 Å². The fraction of sp³-hybridized carbons (Fsp3) is 1.00. The number of hydrogen-bond donors (Lipinski definition) is 0. The van der Waals surface area contributed by atoms with Crippen LogP contribution in [0.5, 0.6) is 0 Å². The van der Waals surface area contributed by atoms with E-state index < -0.39 is 0 Å². The van der Waals surface area contributed by atoms with Gasteiger partial charge in [0.15, 0.2) is 0 Å². The van der Waals surface area contributed by atoms with E-state index in [9.17, 15) is 0 Å². The second-order valence-electron chi connectivity index (χ2n) is 7.75. The lowest BCUT2D eigenvalue weighted by molar-refractivity contribution is 0.0679. The zero-order valence-corrected chi connectivity index (χ0v) is 14.6. The molecule has 0 aromatic carbocycles. The van der Waals surface area contributed by atoms with Gasteiger partial charge in [-0.1, -0.05) is 69.2 Å². The molecule has 0 amide bonds. The minimum Gasteiger partial charge on any atom is -0.0625 e. The summed E-state index contributed by atoms with van der Waals surface area (Å²) in [5, 5.41) is 0. The topological polar surface area (TPSA) is 0 Å². The van der Waals surface area contributed by atoms with Gasteiger partial charge in [0, 0.05) is 0 Å². The fourth-order valence-corrected chi connectivity index (χ4v) is 3.28. The van der Waals surface area contributed by atoms with Crippen molar-refractivity contribution in [1.82, 2.24) is 0 Å². The van der Waals surface area contributed by atoms with Gasteiger partial charge in [-0.3, -0.25) is 0 Å². The molecule has 0 fully saturated rings. The average Bonchev–Trinajstić information content (AvgIpc) is 2.27. The van der Waals surface area contributed by atoms with E-state index in [1.54, 1.807) is 0 Å². The highest BCUT2D eigenvalue weighted by atomic mass is 14.4. The van der Waals surface area contributed by atoms with Crippen molar-refractivity contribution in [3.8, 4) is 0 Å². The predicted octanol–water partition coefficient (Wildman–Crippen LogP) is 6.12. The quantitative estimate of drug-likeness (QED) is 0.514. The van der Waals surface area contributed by atoms with E-state index in [1.165, 1.54) is 0 Å². The molecule has 0 aliphatic carbocycles. The largest absolute Gasteiger partial charge is 0.0625 e. The molecule has 0 nitrogen and oxygen atoms in total. The Hall–Kier alpha value is 0. The van der Waals surface area contributed by atoms with Crippen molar-refractivity contribution >= 4 is 0 Å². The standard InChI is InChI=1S/C18H38/c1-11(2)14(7)17(10)18(15(8)12(3)4)16(9)13(5)6/h11-18H,1-10H3. The van der Waals surface area contributed by atoms with Crippen LogP contribution in [0.25, 0.3) is 0 Å². The van der Waals surface area contributed by atoms with Gasteiger partial charge in [0.25, 0.3) is 0 Å². The Morgan fingerprint density at radius 1 is 0.333 bits per heavy atom. The zero-order chi connectivity index (χ0) is 14.6. The Morgan fingerprint density at radius 2 is 0.611 bits per heavy atom.